The molecule has 0 saturated heterocycles. The van der Waals surface area contributed by atoms with E-state index in [4.69, 9.17) is 9.47 Å². The molecule has 0 aromatic heterocycles. The van der Waals surface area contributed by atoms with Gasteiger partial charge in [-0.05, 0) is 28.8 Å². The molecule has 1 aromatic carbocycles. The molecule has 25 heavy (non-hydrogen) atoms. The molecule has 0 unspecified atom stereocenters. The minimum atomic E-state index is -1.85. The fourth-order valence-electron chi connectivity index (χ4n) is 3.65. The molecule has 0 amide bonds. The Balaban J connectivity index is 3.13. The Morgan fingerprint density at radius 2 is 1.64 bits per heavy atom. The summed E-state index contributed by atoms with van der Waals surface area (Å²) in [4.78, 5) is 0. The predicted octanol–water partition coefficient (Wildman–Crippen LogP) is 5.69. The molecule has 0 aliphatic heterocycles. The van der Waals surface area contributed by atoms with Crippen molar-refractivity contribution < 1.29 is 14.6 Å². The molecule has 140 valence electrons. The number of rotatable bonds is 7. The van der Waals surface area contributed by atoms with Crippen molar-refractivity contribution in [3.63, 3.8) is 0 Å². The average molecular weight is 427 g/mol. The van der Waals surface area contributed by atoms with Crippen molar-refractivity contribution in [1.82, 2.24) is 0 Å². The number of hydrogen-bond acceptors (Lipinski definition) is 3. The molecular formula is C20H31BrO3Si. The van der Waals surface area contributed by atoms with Crippen LogP contribution in [0.15, 0.2) is 22.7 Å². The normalized spacial score (nSPS) is 13.1. The number of methoxy groups -OCH3 is 1. The Kier molecular flexibility index (Phi) is 8.69. The maximum atomic E-state index is 10.6. The first-order valence-corrected chi connectivity index (χ1v) is 11.8. The maximum Gasteiger partial charge on any atom is 0.188 e. The Morgan fingerprint density at radius 3 is 2.08 bits per heavy atom. The topological polar surface area (TPSA) is 38.7 Å². The first-order chi connectivity index (χ1) is 11.7. The molecule has 1 aromatic rings. The fourth-order valence-corrected chi connectivity index (χ4v) is 9.48. The van der Waals surface area contributed by atoms with Crippen LogP contribution in [0.25, 0.3) is 0 Å². The number of aliphatic hydroxyl groups excluding tert-OH is 1. The SMILES string of the molecule is COCOc1ccc([C@@H](O)C#C[Si](C(C)C)(C(C)C)C(C)C)c(Br)c1. The van der Waals surface area contributed by atoms with E-state index in [-0.39, 0.29) is 6.79 Å². The summed E-state index contributed by atoms with van der Waals surface area (Å²) in [7, 11) is -0.266. The quantitative estimate of drug-likeness (QED) is 0.345. The third-order valence-electron chi connectivity index (χ3n) is 4.90. The zero-order valence-electron chi connectivity index (χ0n) is 16.4. The van der Waals surface area contributed by atoms with E-state index in [2.05, 4.69) is 68.9 Å². The summed E-state index contributed by atoms with van der Waals surface area (Å²) in [6.07, 6.45) is -0.811. The molecule has 0 fully saturated rings. The summed E-state index contributed by atoms with van der Waals surface area (Å²) in [5, 5.41) is 10.6. The van der Waals surface area contributed by atoms with Crippen molar-refractivity contribution in [2.45, 2.75) is 64.3 Å². The van der Waals surface area contributed by atoms with Crippen LogP contribution in [0.3, 0.4) is 0 Å². The summed E-state index contributed by atoms with van der Waals surface area (Å²) in [5.41, 5.74) is 5.96. The van der Waals surface area contributed by atoms with Crippen LogP contribution in [-0.4, -0.2) is 27.1 Å². The monoisotopic (exact) mass is 426 g/mol. The summed E-state index contributed by atoms with van der Waals surface area (Å²) < 4.78 is 11.1. The maximum absolute atomic E-state index is 10.6. The lowest BCUT2D eigenvalue weighted by atomic mass is 10.1. The highest BCUT2D eigenvalue weighted by Gasteiger charge is 2.41. The number of ether oxygens (including phenoxy) is 2. The van der Waals surface area contributed by atoms with Crippen LogP contribution in [0, 0.1) is 11.5 Å². The van der Waals surface area contributed by atoms with Gasteiger partial charge in [-0.3, -0.25) is 0 Å². The zero-order valence-corrected chi connectivity index (χ0v) is 19.0. The Hall–Kier alpha value is -0.803. The van der Waals surface area contributed by atoms with E-state index in [9.17, 15) is 5.11 Å². The molecule has 1 rings (SSSR count). The van der Waals surface area contributed by atoms with Gasteiger partial charge in [0.15, 0.2) is 6.79 Å². The van der Waals surface area contributed by atoms with Gasteiger partial charge >= 0.3 is 0 Å². The molecule has 1 N–H and O–H groups in total. The molecule has 0 aliphatic rings. The smallest absolute Gasteiger partial charge is 0.188 e. The molecule has 0 bridgehead atoms. The van der Waals surface area contributed by atoms with Gasteiger partial charge in [-0.25, -0.2) is 0 Å². The van der Waals surface area contributed by atoms with E-state index >= 15 is 0 Å². The largest absolute Gasteiger partial charge is 0.468 e. The van der Waals surface area contributed by atoms with Crippen LogP contribution in [-0.2, 0) is 4.74 Å². The second-order valence-corrected chi connectivity index (χ2v) is 13.7. The minimum absolute atomic E-state index is 0.194. The van der Waals surface area contributed by atoms with E-state index in [1.165, 1.54) is 0 Å². The Morgan fingerprint density at radius 1 is 1.08 bits per heavy atom. The summed E-state index contributed by atoms with van der Waals surface area (Å²) in [6, 6.07) is 5.50. The molecule has 3 nitrogen and oxygen atoms in total. The molecule has 0 spiro atoms. The van der Waals surface area contributed by atoms with E-state index in [0.29, 0.717) is 22.4 Å². The fraction of sp³-hybridized carbons (Fsp3) is 0.600. The first kappa shape index (κ1) is 22.2. The van der Waals surface area contributed by atoms with E-state index in [0.717, 1.165) is 10.0 Å². The molecule has 0 radical (unpaired) electrons. The lowest BCUT2D eigenvalue weighted by molar-refractivity contribution is 0.0510. The summed E-state index contributed by atoms with van der Waals surface area (Å²) in [6.45, 7) is 13.8. The molecule has 5 heteroatoms. The van der Waals surface area contributed by atoms with Gasteiger partial charge in [0.05, 0.1) is 0 Å². The van der Waals surface area contributed by atoms with E-state index < -0.39 is 14.2 Å². The van der Waals surface area contributed by atoms with Crippen LogP contribution in [0.5, 0.6) is 5.75 Å². The first-order valence-electron chi connectivity index (χ1n) is 8.78. The van der Waals surface area contributed by atoms with Crippen molar-refractivity contribution in [3.05, 3.63) is 28.2 Å². The van der Waals surface area contributed by atoms with E-state index in [1.54, 1.807) is 7.11 Å². The van der Waals surface area contributed by atoms with Crippen LogP contribution in [0.4, 0.5) is 0 Å². The van der Waals surface area contributed by atoms with Crippen molar-refractivity contribution in [2.75, 3.05) is 13.9 Å². The van der Waals surface area contributed by atoms with Crippen LogP contribution >= 0.6 is 15.9 Å². The molecule has 0 heterocycles. The second-order valence-electron chi connectivity index (χ2n) is 7.30. The third kappa shape index (κ3) is 5.34. The van der Waals surface area contributed by atoms with Gasteiger partial charge in [-0.15, -0.1) is 5.54 Å². The van der Waals surface area contributed by atoms with Crippen molar-refractivity contribution in [1.29, 1.82) is 0 Å². The van der Waals surface area contributed by atoms with Gasteiger partial charge in [0.1, 0.15) is 19.9 Å². The number of halogens is 1. The van der Waals surface area contributed by atoms with Gasteiger partial charge in [0, 0.05) is 17.1 Å². The summed E-state index contributed by atoms with van der Waals surface area (Å²) >= 11 is 3.51. The van der Waals surface area contributed by atoms with E-state index in [1.807, 2.05) is 18.2 Å². The summed E-state index contributed by atoms with van der Waals surface area (Å²) in [5.74, 6) is 3.85. The van der Waals surface area contributed by atoms with Crippen molar-refractivity contribution in [2.24, 2.45) is 0 Å². The van der Waals surface area contributed by atoms with Crippen LogP contribution < -0.4 is 4.74 Å². The number of hydrogen-bond donors (Lipinski definition) is 1. The van der Waals surface area contributed by atoms with Crippen molar-refractivity contribution in [3.8, 4) is 17.2 Å². The van der Waals surface area contributed by atoms with Crippen molar-refractivity contribution >= 4 is 24.0 Å². The van der Waals surface area contributed by atoms with Crippen LogP contribution in [0.1, 0.15) is 53.2 Å². The Labute approximate surface area is 162 Å². The van der Waals surface area contributed by atoms with Gasteiger partial charge in [0.2, 0.25) is 0 Å². The molecule has 0 saturated carbocycles. The highest BCUT2D eigenvalue weighted by atomic mass is 79.9. The molecular weight excluding hydrogens is 396 g/mol. The number of benzene rings is 1. The average Bonchev–Trinajstić information content (AvgIpc) is 2.52. The minimum Gasteiger partial charge on any atom is -0.468 e. The Bertz CT molecular complexity index is 595. The third-order valence-corrected chi connectivity index (χ3v) is 11.9. The lowest BCUT2D eigenvalue weighted by Crippen LogP contribution is -2.43. The molecule has 0 aliphatic carbocycles. The predicted molar refractivity (Wildman–Crippen MR) is 110 cm³/mol. The highest BCUT2D eigenvalue weighted by Crippen LogP contribution is 2.41. The lowest BCUT2D eigenvalue weighted by Gasteiger charge is -2.38. The van der Waals surface area contributed by atoms with Gasteiger partial charge in [-0.1, -0.05) is 69.5 Å². The standard InChI is InChI=1S/C20H31BrO3Si/c1-14(2)25(15(3)4,16(5)6)11-10-20(22)18-9-8-17(12-19(18)21)24-13-23-7/h8-9,12,14-16,20,22H,13H2,1-7H3/t20-/m0/s1. The second kappa shape index (κ2) is 9.77. The van der Waals surface area contributed by atoms with Gasteiger partial charge in [-0.2, -0.15) is 0 Å². The zero-order chi connectivity index (χ0) is 19.2. The van der Waals surface area contributed by atoms with Gasteiger partial charge in [0.25, 0.3) is 0 Å². The van der Waals surface area contributed by atoms with Gasteiger partial charge < -0.3 is 14.6 Å². The molecule has 1 atom stereocenters. The highest BCUT2D eigenvalue weighted by molar-refractivity contribution is 9.10. The number of aliphatic hydroxyl groups is 1. The van der Waals surface area contributed by atoms with Crippen LogP contribution in [0.2, 0.25) is 16.6 Å².